The first-order chi connectivity index (χ1) is 8.49. The zero-order valence-electron chi connectivity index (χ0n) is 10.5. The molecule has 2 rings (SSSR count). The van der Waals surface area contributed by atoms with E-state index in [1.165, 1.54) is 4.90 Å². The predicted octanol–water partition coefficient (Wildman–Crippen LogP) is -0.579. The van der Waals surface area contributed by atoms with Crippen LogP contribution in [0.5, 0.6) is 0 Å². The van der Waals surface area contributed by atoms with Gasteiger partial charge in [0.15, 0.2) is 0 Å². The van der Waals surface area contributed by atoms with Gasteiger partial charge in [-0.1, -0.05) is 6.92 Å². The molecule has 0 spiro atoms. The number of aliphatic carboxylic acids is 1. The van der Waals surface area contributed by atoms with Crippen molar-refractivity contribution in [2.45, 2.75) is 44.4 Å². The molecule has 6 heteroatoms. The maximum absolute atomic E-state index is 12.3. The van der Waals surface area contributed by atoms with Crippen LogP contribution in [-0.4, -0.2) is 58.3 Å². The van der Waals surface area contributed by atoms with Crippen molar-refractivity contribution in [3.8, 4) is 0 Å². The fourth-order valence-electron chi connectivity index (χ4n) is 2.79. The smallest absolute Gasteiger partial charge is 0.326 e. The van der Waals surface area contributed by atoms with Crippen LogP contribution in [0.3, 0.4) is 0 Å². The highest BCUT2D eigenvalue weighted by atomic mass is 16.4. The van der Waals surface area contributed by atoms with E-state index in [1.807, 2.05) is 0 Å². The van der Waals surface area contributed by atoms with E-state index in [1.54, 1.807) is 0 Å². The van der Waals surface area contributed by atoms with E-state index in [0.29, 0.717) is 5.92 Å². The van der Waals surface area contributed by atoms with E-state index in [2.05, 4.69) is 12.2 Å². The molecule has 0 aromatic rings. The van der Waals surface area contributed by atoms with Gasteiger partial charge in [0.25, 0.3) is 0 Å². The molecule has 1 amide bonds. The highest BCUT2D eigenvalue weighted by Crippen LogP contribution is 2.23. The lowest BCUT2D eigenvalue weighted by atomic mass is 9.93. The summed E-state index contributed by atoms with van der Waals surface area (Å²) in [6.07, 6.45) is 1.17. The number of carboxylic acids is 1. The number of aliphatic hydroxyl groups is 1. The predicted molar refractivity (Wildman–Crippen MR) is 63.9 cm³/mol. The minimum absolute atomic E-state index is 0.127. The topological polar surface area (TPSA) is 89.9 Å². The molecule has 3 N–H and O–H groups in total. The number of carbonyl (C=O) groups excluding carboxylic acids is 1. The van der Waals surface area contributed by atoms with Gasteiger partial charge in [0.1, 0.15) is 6.04 Å². The third kappa shape index (κ3) is 2.64. The Morgan fingerprint density at radius 2 is 2.06 bits per heavy atom. The van der Waals surface area contributed by atoms with Crippen molar-refractivity contribution in [3.05, 3.63) is 0 Å². The molecule has 2 aliphatic rings. The summed E-state index contributed by atoms with van der Waals surface area (Å²) < 4.78 is 0. The standard InChI is InChI=1S/C12H20N2O4/c1-7-2-3-13-9(4-7)11(16)14-6-8(15)5-10(14)12(17)18/h7-10,13,15H,2-6H2,1H3,(H,17,18). The molecule has 2 fully saturated rings. The summed E-state index contributed by atoms with van der Waals surface area (Å²) in [5.41, 5.74) is 0. The molecule has 0 aromatic carbocycles. The number of piperidine rings is 1. The van der Waals surface area contributed by atoms with Crippen LogP contribution in [0.25, 0.3) is 0 Å². The number of rotatable bonds is 2. The van der Waals surface area contributed by atoms with Crippen molar-refractivity contribution in [1.29, 1.82) is 0 Å². The van der Waals surface area contributed by atoms with E-state index in [-0.39, 0.29) is 24.9 Å². The van der Waals surface area contributed by atoms with Gasteiger partial charge in [-0.15, -0.1) is 0 Å². The molecule has 0 aromatic heterocycles. The number of likely N-dealkylation sites (tertiary alicyclic amines) is 1. The molecule has 2 aliphatic heterocycles. The summed E-state index contributed by atoms with van der Waals surface area (Å²) in [4.78, 5) is 24.7. The second-order valence-corrected chi connectivity index (χ2v) is 5.37. The van der Waals surface area contributed by atoms with Crippen molar-refractivity contribution in [2.75, 3.05) is 13.1 Å². The highest BCUT2D eigenvalue weighted by Gasteiger charge is 2.41. The Labute approximate surface area is 106 Å². The maximum Gasteiger partial charge on any atom is 0.326 e. The molecule has 4 unspecified atom stereocenters. The van der Waals surface area contributed by atoms with E-state index in [9.17, 15) is 14.7 Å². The Morgan fingerprint density at radius 3 is 2.67 bits per heavy atom. The molecule has 2 heterocycles. The summed E-state index contributed by atoms with van der Waals surface area (Å²) in [5.74, 6) is -0.759. The Balaban J connectivity index is 2.05. The van der Waals surface area contributed by atoms with Crippen LogP contribution in [0.2, 0.25) is 0 Å². The third-order valence-electron chi connectivity index (χ3n) is 3.81. The van der Waals surface area contributed by atoms with E-state index in [0.717, 1.165) is 19.4 Å². The van der Waals surface area contributed by atoms with E-state index >= 15 is 0 Å². The minimum atomic E-state index is -1.04. The first-order valence-electron chi connectivity index (χ1n) is 6.43. The number of nitrogens with zero attached hydrogens (tertiary/aromatic N) is 1. The van der Waals surface area contributed by atoms with Crippen LogP contribution in [-0.2, 0) is 9.59 Å². The summed E-state index contributed by atoms with van der Waals surface area (Å²) in [5, 5.41) is 21.8. The Hall–Kier alpha value is -1.14. The number of hydrogen-bond donors (Lipinski definition) is 3. The molecular weight excluding hydrogens is 236 g/mol. The fourth-order valence-corrected chi connectivity index (χ4v) is 2.79. The van der Waals surface area contributed by atoms with Gasteiger partial charge >= 0.3 is 5.97 Å². The number of carboxylic acid groups (broad SMARTS) is 1. The van der Waals surface area contributed by atoms with Gasteiger partial charge in [-0.05, 0) is 25.3 Å². The number of nitrogens with one attached hydrogen (secondary N) is 1. The SMILES string of the molecule is CC1CCNC(C(=O)N2CC(O)CC2C(=O)O)C1. The van der Waals surface area contributed by atoms with Crippen LogP contribution in [0.4, 0.5) is 0 Å². The third-order valence-corrected chi connectivity index (χ3v) is 3.81. The molecule has 0 radical (unpaired) electrons. The van der Waals surface area contributed by atoms with Crippen LogP contribution in [0, 0.1) is 5.92 Å². The molecule has 0 bridgehead atoms. The molecule has 0 saturated carbocycles. The van der Waals surface area contributed by atoms with Gasteiger partial charge in [-0.2, -0.15) is 0 Å². The first kappa shape index (κ1) is 13.3. The van der Waals surface area contributed by atoms with Crippen molar-refractivity contribution >= 4 is 11.9 Å². The van der Waals surface area contributed by atoms with Crippen molar-refractivity contribution in [1.82, 2.24) is 10.2 Å². The maximum atomic E-state index is 12.3. The Bertz CT molecular complexity index is 347. The number of hydrogen-bond acceptors (Lipinski definition) is 4. The number of amides is 1. The molecule has 0 aliphatic carbocycles. The highest BCUT2D eigenvalue weighted by molar-refractivity contribution is 5.87. The fraction of sp³-hybridized carbons (Fsp3) is 0.833. The lowest BCUT2D eigenvalue weighted by Gasteiger charge is -2.32. The van der Waals surface area contributed by atoms with Crippen molar-refractivity contribution in [2.24, 2.45) is 5.92 Å². The monoisotopic (exact) mass is 256 g/mol. The van der Waals surface area contributed by atoms with Crippen LogP contribution in [0.15, 0.2) is 0 Å². The van der Waals surface area contributed by atoms with Crippen molar-refractivity contribution in [3.63, 3.8) is 0 Å². The second kappa shape index (κ2) is 5.24. The van der Waals surface area contributed by atoms with Crippen LogP contribution < -0.4 is 5.32 Å². The quantitative estimate of drug-likeness (QED) is 0.615. The number of carbonyl (C=O) groups is 2. The van der Waals surface area contributed by atoms with E-state index in [4.69, 9.17) is 5.11 Å². The number of β-amino-alcohol motifs (C(OH)–C–C–N with tert-alkyl or cyclic N) is 1. The lowest BCUT2D eigenvalue weighted by Crippen LogP contribution is -2.52. The summed E-state index contributed by atoms with van der Waals surface area (Å²) in [6, 6.07) is -1.19. The molecule has 18 heavy (non-hydrogen) atoms. The van der Waals surface area contributed by atoms with Gasteiger partial charge in [0, 0.05) is 13.0 Å². The summed E-state index contributed by atoms with van der Waals surface area (Å²) in [6.45, 7) is 3.00. The van der Waals surface area contributed by atoms with Crippen LogP contribution >= 0.6 is 0 Å². The molecule has 2 saturated heterocycles. The first-order valence-corrected chi connectivity index (χ1v) is 6.43. The molecular formula is C12H20N2O4. The van der Waals surface area contributed by atoms with Gasteiger partial charge < -0.3 is 20.4 Å². The van der Waals surface area contributed by atoms with Gasteiger partial charge in [0.2, 0.25) is 5.91 Å². The average molecular weight is 256 g/mol. The summed E-state index contributed by atoms with van der Waals surface area (Å²) in [7, 11) is 0. The van der Waals surface area contributed by atoms with Gasteiger partial charge in [-0.3, -0.25) is 4.79 Å². The molecule has 6 nitrogen and oxygen atoms in total. The van der Waals surface area contributed by atoms with Gasteiger partial charge in [-0.25, -0.2) is 4.79 Å². The van der Waals surface area contributed by atoms with Crippen LogP contribution in [0.1, 0.15) is 26.2 Å². The van der Waals surface area contributed by atoms with E-state index < -0.39 is 18.1 Å². The van der Waals surface area contributed by atoms with Gasteiger partial charge in [0.05, 0.1) is 12.1 Å². The normalized spacial score (nSPS) is 36.7. The average Bonchev–Trinajstić information content (AvgIpc) is 2.70. The Morgan fingerprint density at radius 1 is 1.33 bits per heavy atom. The Kier molecular flexibility index (Phi) is 3.87. The summed E-state index contributed by atoms with van der Waals surface area (Å²) >= 11 is 0. The zero-order chi connectivity index (χ0) is 13.3. The molecule has 102 valence electrons. The van der Waals surface area contributed by atoms with Crippen molar-refractivity contribution < 1.29 is 19.8 Å². The second-order valence-electron chi connectivity index (χ2n) is 5.37. The minimum Gasteiger partial charge on any atom is -0.480 e. The number of aliphatic hydroxyl groups excluding tert-OH is 1. The molecule has 4 atom stereocenters. The largest absolute Gasteiger partial charge is 0.480 e. The zero-order valence-corrected chi connectivity index (χ0v) is 10.5. The lowest BCUT2D eigenvalue weighted by molar-refractivity contribution is -0.149.